The molecule has 4 rings (SSSR count). The molecule has 0 bridgehead atoms. The molecule has 2 aromatic rings. The molecular formula is C27H32F2. The van der Waals surface area contributed by atoms with Gasteiger partial charge in [-0.05, 0) is 98.8 Å². The highest BCUT2D eigenvalue weighted by Crippen LogP contribution is 2.48. The number of rotatable bonds is 5. The molecule has 2 heteroatoms. The van der Waals surface area contributed by atoms with Crippen LogP contribution in [0.1, 0.15) is 68.4 Å². The average molecular weight is 395 g/mol. The minimum absolute atomic E-state index is 0.305. The standard InChI is InChI=1S/C27H32F2/c1-3-4-5-19-7-8-21-16-22(10-9-20(21)15-19)23-11-13-25(27(29)17-23)24-12-6-18(2)14-26(24)28/h3,6,11-14,17,19-22H,1,4-5,7-10,15-16H2,2H3. The number of fused-ring (bicyclic) bond motifs is 1. The summed E-state index contributed by atoms with van der Waals surface area (Å²) in [4.78, 5) is 0. The van der Waals surface area contributed by atoms with E-state index in [1.165, 1.54) is 44.6 Å². The van der Waals surface area contributed by atoms with Gasteiger partial charge in [0.2, 0.25) is 0 Å². The number of halogens is 2. The maximum atomic E-state index is 14.9. The van der Waals surface area contributed by atoms with Gasteiger partial charge in [0.05, 0.1) is 0 Å². The van der Waals surface area contributed by atoms with Crippen LogP contribution >= 0.6 is 0 Å². The zero-order valence-corrected chi connectivity index (χ0v) is 17.5. The molecule has 154 valence electrons. The lowest BCUT2D eigenvalue weighted by atomic mass is 9.63. The molecule has 4 atom stereocenters. The SMILES string of the molecule is C=CCCC1CCC2CC(c3ccc(-c4ccc(C)cc4F)c(F)c3)CCC2C1. The first-order valence-electron chi connectivity index (χ1n) is 11.2. The normalized spacial score (nSPS) is 26.7. The fraction of sp³-hybridized carbons (Fsp3) is 0.481. The highest BCUT2D eigenvalue weighted by molar-refractivity contribution is 5.65. The minimum atomic E-state index is -0.356. The molecule has 2 saturated carbocycles. The number of allylic oxidation sites excluding steroid dienone is 1. The van der Waals surface area contributed by atoms with Crippen LogP contribution in [0.25, 0.3) is 11.1 Å². The Morgan fingerprint density at radius 1 is 0.897 bits per heavy atom. The Hall–Kier alpha value is -1.96. The molecule has 0 nitrogen and oxygen atoms in total. The van der Waals surface area contributed by atoms with E-state index in [0.29, 0.717) is 17.0 Å². The van der Waals surface area contributed by atoms with Gasteiger partial charge in [-0.15, -0.1) is 6.58 Å². The molecule has 4 unspecified atom stereocenters. The fourth-order valence-corrected chi connectivity index (χ4v) is 5.75. The van der Waals surface area contributed by atoms with Gasteiger partial charge in [-0.25, -0.2) is 8.78 Å². The smallest absolute Gasteiger partial charge is 0.131 e. The summed E-state index contributed by atoms with van der Waals surface area (Å²) in [5.41, 5.74) is 2.65. The summed E-state index contributed by atoms with van der Waals surface area (Å²) in [7, 11) is 0. The number of hydrogen-bond acceptors (Lipinski definition) is 0. The molecule has 0 amide bonds. The van der Waals surface area contributed by atoms with Gasteiger partial charge in [0.15, 0.2) is 0 Å². The third-order valence-corrected chi connectivity index (χ3v) is 7.38. The highest BCUT2D eigenvalue weighted by Gasteiger charge is 2.35. The molecule has 2 aliphatic rings. The van der Waals surface area contributed by atoms with Crippen molar-refractivity contribution < 1.29 is 8.78 Å². The van der Waals surface area contributed by atoms with Gasteiger partial charge in [0, 0.05) is 11.1 Å². The van der Waals surface area contributed by atoms with Gasteiger partial charge >= 0.3 is 0 Å². The molecule has 0 aromatic heterocycles. The lowest BCUT2D eigenvalue weighted by Gasteiger charge is -2.42. The summed E-state index contributed by atoms with van der Waals surface area (Å²) in [6, 6.07) is 10.4. The monoisotopic (exact) mass is 394 g/mol. The summed E-state index contributed by atoms with van der Waals surface area (Å²) in [5, 5.41) is 0. The van der Waals surface area contributed by atoms with Crippen LogP contribution in [0.15, 0.2) is 49.1 Å². The van der Waals surface area contributed by atoms with Crippen molar-refractivity contribution in [2.75, 3.05) is 0 Å². The lowest BCUT2D eigenvalue weighted by Crippen LogP contribution is -2.30. The summed E-state index contributed by atoms with van der Waals surface area (Å²) < 4.78 is 29.2. The van der Waals surface area contributed by atoms with Gasteiger partial charge < -0.3 is 0 Å². The Bertz CT molecular complexity index is 869. The molecule has 2 aliphatic carbocycles. The summed E-state index contributed by atoms with van der Waals surface area (Å²) in [6.07, 6.45) is 12.1. The van der Waals surface area contributed by atoms with Crippen LogP contribution in [0.3, 0.4) is 0 Å². The molecule has 2 fully saturated rings. The number of aryl methyl sites for hydroxylation is 1. The second-order valence-corrected chi connectivity index (χ2v) is 9.30. The molecule has 29 heavy (non-hydrogen) atoms. The first kappa shape index (κ1) is 20.3. The Labute approximate surface area is 174 Å². The van der Waals surface area contributed by atoms with E-state index in [0.717, 1.165) is 41.7 Å². The van der Waals surface area contributed by atoms with E-state index in [-0.39, 0.29) is 11.6 Å². The Kier molecular flexibility index (Phi) is 6.18. The van der Waals surface area contributed by atoms with Crippen molar-refractivity contribution in [1.82, 2.24) is 0 Å². The zero-order valence-electron chi connectivity index (χ0n) is 17.5. The van der Waals surface area contributed by atoms with Gasteiger partial charge in [-0.3, -0.25) is 0 Å². The fourth-order valence-electron chi connectivity index (χ4n) is 5.75. The largest absolute Gasteiger partial charge is 0.206 e. The highest BCUT2D eigenvalue weighted by atomic mass is 19.1. The lowest BCUT2D eigenvalue weighted by molar-refractivity contribution is 0.115. The van der Waals surface area contributed by atoms with E-state index in [1.54, 1.807) is 18.2 Å². The molecule has 0 spiro atoms. The van der Waals surface area contributed by atoms with Crippen molar-refractivity contribution in [3.8, 4) is 11.1 Å². The summed E-state index contributed by atoms with van der Waals surface area (Å²) in [6.45, 7) is 5.70. The number of hydrogen-bond donors (Lipinski definition) is 0. The second-order valence-electron chi connectivity index (χ2n) is 9.30. The molecule has 0 heterocycles. The van der Waals surface area contributed by atoms with Gasteiger partial charge in [0.25, 0.3) is 0 Å². The Balaban J connectivity index is 1.45. The Morgan fingerprint density at radius 2 is 1.59 bits per heavy atom. The molecule has 2 aromatic carbocycles. The maximum Gasteiger partial charge on any atom is 0.131 e. The van der Waals surface area contributed by atoms with Gasteiger partial charge in [-0.1, -0.05) is 36.8 Å². The van der Waals surface area contributed by atoms with Crippen LogP contribution in [-0.4, -0.2) is 0 Å². The van der Waals surface area contributed by atoms with E-state index < -0.39 is 0 Å². The third kappa shape index (κ3) is 4.47. The van der Waals surface area contributed by atoms with Crippen molar-refractivity contribution in [2.24, 2.45) is 17.8 Å². The van der Waals surface area contributed by atoms with Crippen LogP contribution in [0, 0.1) is 36.3 Å². The molecular weight excluding hydrogens is 362 g/mol. The minimum Gasteiger partial charge on any atom is -0.206 e. The summed E-state index contributed by atoms with van der Waals surface area (Å²) in [5.74, 6) is 2.27. The van der Waals surface area contributed by atoms with E-state index >= 15 is 0 Å². The molecule has 0 radical (unpaired) electrons. The van der Waals surface area contributed by atoms with Crippen molar-refractivity contribution >= 4 is 0 Å². The van der Waals surface area contributed by atoms with Crippen LogP contribution in [0.5, 0.6) is 0 Å². The average Bonchev–Trinajstić information content (AvgIpc) is 2.72. The molecule has 0 aliphatic heterocycles. The van der Waals surface area contributed by atoms with Gasteiger partial charge in [0.1, 0.15) is 11.6 Å². The quantitative estimate of drug-likeness (QED) is 0.448. The van der Waals surface area contributed by atoms with Crippen LogP contribution in [-0.2, 0) is 0 Å². The van der Waals surface area contributed by atoms with Crippen molar-refractivity contribution in [3.05, 3.63) is 71.8 Å². The first-order valence-corrected chi connectivity index (χ1v) is 11.2. The summed E-state index contributed by atoms with van der Waals surface area (Å²) >= 11 is 0. The van der Waals surface area contributed by atoms with E-state index in [1.807, 2.05) is 25.1 Å². The van der Waals surface area contributed by atoms with Crippen molar-refractivity contribution in [3.63, 3.8) is 0 Å². The van der Waals surface area contributed by atoms with Crippen LogP contribution < -0.4 is 0 Å². The topological polar surface area (TPSA) is 0 Å². The van der Waals surface area contributed by atoms with Gasteiger partial charge in [-0.2, -0.15) is 0 Å². The van der Waals surface area contributed by atoms with E-state index in [9.17, 15) is 8.78 Å². The predicted molar refractivity (Wildman–Crippen MR) is 117 cm³/mol. The predicted octanol–water partition coefficient (Wildman–Crippen LogP) is 8.21. The molecule has 0 saturated heterocycles. The van der Waals surface area contributed by atoms with Crippen molar-refractivity contribution in [2.45, 2.75) is 64.2 Å². The maximum absolute atomic E-state index is 14.9. The first-order chi connectivity index (χ1) is 14.0. The third-order valence-electron chi connectivity index (χ3n) is 7.38. The van der Waals surface area contributed by atoms with Crippen molar-refractivity contribution in [1.29, 1.82) is 0 Å². The number of benzene rings is 2. The van der Waals surface area contributed by atoms with E-state index in [2.05, 4.69) is 6.58 Å². The van der Waals surface area contributed by atoms with Crippen LogP contribution in [0.4, 0.5) is 8.78 Å². The van der Waals surface area contributed by atoms with E-state index in [4.69, 9.17) is 0 Å². The van der Waals surface area contributed by atoms with Crippen LogP contribution in [0.2, 0.25) is 0 Å². The zero-order chi connectivity index (χ0) is 20.4. The molecule has 0 N–H and O–H groups in total. The Morgan fingerprint density at radius 3 is 2.31 bits per heavy atom. The second kappa shape index (κ2) is 8.81.